The van der Waals surface area contributed by atoms with Crippen LogP contribution in [0.2, 0.25) is 0 Å². The lowest BCUT2D eigenvalue weighted by Gasteiger charge is -2.38. The molecule has 1 aliphatic rings. The Morgan fingerprint density at radius 2 is 2.10 bits per heavy atom. The van der Waals surface area contributed by atoms with Crippen LogP contribution in [0.1, 0.15) is 32.8 Å². The monoisotopic (exact) mass is 431 g/mol. The number of piperidine rings is 1. The van der Waals surface area contributed by atoms with Gasteiger partial charge in [-0.3, -0.25) is 0 Å². The van der Waals surface area contributed by atoms with Crippen molar-refractivity contribution in [3.8, 4) is 23.1 Å². The maximum absolute atomic E-state index is 14.7. The summed E-state index contributed by atoms with van der Waals surface area (Å²) in [6, 6.07) is 8.12. The van der Waals surface area contributed by atoms with E-state index in [1.807, 2.05) is 6.07 Å². The van der Waals surface area contributed by atoms with Crippen molar-refractivity contribution in [2.45, 2.75) is 44.8 Å². The molecule has 1 aromatic heterocycles. The fourth-order valence-electron chi connectivity index (χ4n) is 3.11. The molecule has 1 fully saturated rings. The maximum atomic E-state index is 14.7. The van der Waals surface area contributed by atoms with Crippen LogP contribution in [0.3, 0.4) is 0 Å². The number of amides is 1. The van der Waals surface area contributed by atoms with Gasteiger partial charge in [-0.2, -0.15) is 5.26 Å². The average Bonchev–Trinajstić information content (AvgIpc) is 2.68. The first-order valence-corrected chi connectivity index (χ1v) is 9.64. The lowest BCUT2D eigenvalue weighted by atomic mass is 10.0. The van der Waals surface area contributed by atoms with Crippen molar-refractivity contribution in [1.29, 1.82) is 5.26 Å². The van der Waals surface area contributed by atoms with Gasteiger partial charge in [0.05, 0.1) is 17.8 Å². The fraction of sp³-hybridized carbons (Fsp3) is 0.429. The zero-order valence-electron chi connectivity index (χ0n) is 17.4. The molecule has 1 unspecified atom stereocenters. The van der Waals surface area contributed by atoms with Gasteiger partial charge in [0.1, 0.15) is 17.4 Å². The van der Waals surface area contributed by atoms with E-state index in [0.717, 1.165) is 4.90 Å². The third-order valence-corrected chi connectivity index (χ3v) is 4.52. The van der Waals surface area contributed by atoms with E-state index in [1.54, 1.807) is 32.9 Å². The van der Waals surface area contributed by atoms with Crippen LogP contribution in [0.15, 0.2) is 30.5 Å². The minimum absolute atomic E-state index is 0.0312. The van der Waals surface area contributed by atoms with Crippen molar-refractivity contribution in [2.75, 3.05) is 18.8 Å². The quantitative estimate of drug-likeness (QED) is 0.789. The molecular weight excluding hydrogens is 408 g/mol. The first-order chi connectivity index (χ1) is 14.5. The molecule has 0 aliphatic carbocycles. The standard InChI is InChI=1S/C21H23F2N5O3/c1-20(2,3)31-19(29)28-9-7-17(21(22,23)12-28)30-16-5-4-13(10-14(16)11-24)15-6-8-26-18(25)27-15/h4-6,8,10,17H,7,9,12H2,1-3H3,(H2,25,26,27). The number of nitriles is 1. The van der Waals surface area contributed by atoms with Gasteiger partial charge >= 0.3 is 12.0 Å². The Labute approximate surface area is 178 Å². The van der Waals surface area contributed by atoms with Crippen LogP contribution in [-0.2, 0) is 4.74 Å². The highest BCUT2D eigenvalue weighted by atomic mass is 19.3. The molecule has 2 heterocycles. The highest BCUT2D eigenvalue weighted by Crippen LogP contribution is 2.34. The summed E-state index contributed by atoms with van der Waals surface area (Å²) in [5.41, 5.74) is 5.95. The number of nitrogens with two attached hydrogens (primary N) is 1. The average molecular weight is 431 g/mol. The molecule has 0 bridgehead atoms. The second-order valence-corrected chi connectivity index (χ2v) is 8.18. The van der Waals surface area contributed by atoms with Crippen LogP contribution in [0.5, 0.6) is 5.75 Å². The second kappa shape index (κ2) is 8.34. The van der Waals surface area contributed by atoms with Gasteiger partial charge in [-0.05, 0) is 45.0 Å². The SMILES string of the molecule is CC(C)(C)OC(=O)N1CCC(Oc2ccc(-c3ccnc(N)n3)cc2C#N)C(F)(F)C1. The number of aromatic nitrogens is 2. The number of nitrogen functional groups attached to an aromatic ring is 1. The fourth-order valence-corrected chi connectivity index (χ4v) is 3.11. The largest absolute Gasteiger partial charge is 0.483 e. The molecule has 1 atom stereocenters. The van der Waals surface area contributed by atoms with E-state index in [1.165, 1.54) is 18.3 Å². The van der Waals surface area contributed by atoms with Gasteiger partial charge in [-0.15, -0.1) is 0 Å². The predicted molar refractivity (Wildman–Crippen MR) is 108 cm³/mol. The van der Waals surface area contributed by atoms with Crippen molar-refractivity contribution in [3.63, 3.8) is 0 Å². The number of benzene rings is 1. The van der Waals surface area contributed by atoms with Crippen molar-refractivity contribution >= 4 is 12.0 Å². The van der Waals surface area contributed by atoms with Crippen molar-refractivity contribution in [3.05, 3.63) is 36.0 Å². The third kappa shape index (κ3) is 5.36. The van der Waals surface area contributed by atoms with Gasteiger partial charge in [-0.1, -0.05) is 0 Å². The number of hydrogen-bond acceptors (Lipinski definition) is 7. The smallest absolute Gasteiger partial charge is 0.410 e. The molecule has 8 nitrogen and oxygen atoms in total. The summed E-state index contributed by atoms with van der Waals surface area (Å²) in [4.78, 5) is 21.0. The van der Waals surface area contributed by atoms with Crippen LogP contribution >= 0.6 is 0 Å². The third-order valence-electron chi connectivity index (χ3n) is 4.52. The van der Waals surface area contributed by atoms with Gasteiger partial charge in [0, 0.05) is 24.7 Å². The molecule has 2 N–H and O–H groups in total. The van der Waals surface area contributed by atoms with Crippen molar-refractivity contribution in [2.24, 2.45) is 0 Å². The lowest BCUT2D eigenvalue weighted by Crippen LogP contribution is -2.56. The molecule has 1 aliphatic heterocycles. The zero-order valence-corrected chi connectivity index (χ0v) is 17.4. The Balaban J connectivity index is 1.75. The summed E-state index contributed by atoms with van der Waals surface area (Å²) < 4.78 is 40.2. The molecule has 164 valence electrons. The number of nitrogens with zero attached hydrogens (tertiary/aromatic N) is 4. The molecule has 0 radical (unpaired) electrons. The molecule has 0 saturated carbocycles. The van der Waals surface area contributed by atoms with Gasteiger partial charge in [0.15, 0.2) is 6.10 Å². The van der Waals surface area contributed by atoms with Gasteiger partial charge in [-0.25, -0.2) is 23.5 Å². The minimum Gasteiger partial charge on any atom is -0.483 e. The van der Waals surface area contributed by atoms with Crippen LogP contribution in [0.25, 0.3) is 11.3 Å². The van der Waals surface area contributed by atoms with Crippen LogP contribution in [-0.4, -0.2) is 51.7 Å². The van der Waals surface area contributed by atoms with Crippen LogP contribution in [0.4, 0.5) is 19.5 Å². The van der Waals surface area contributed by atoms with E-state index >= 15 is 0 Å². The molecule has 3 rings (SSSR count). The number of carbonyl (C=O) groups is 1. The van der Waals surface area contributed by atoms with Gasteiger partial charge in [0.25, 0.3) is 0 Å². The Bertz CT molecular complexity index is 1020. The Hall–Kier alpha value is -3.48. The summed E-state index contributed by atoms with van der Waals surface area (Å²) in [5.74, 6) is -3.21. The van der Waals surface area contributed by atoms with Crippen LogP contribution < -0.4 is 10.5 Å². The first-order valence-electron chi connectivity index (χ1n) is 9.64. The highest BCUT2D eigenvalue weighted by molar-refractivity contribution is 5.68. The number of rotatable bonds is 3. The van der Waals surface area contributed by atoms with E-state index < -0.39 is 30.3 Å². The number of carbonyl (C=O) groups excluding carboxylic acids is 1. The summed E-state index contributed by atoms with van der Waals surface area (Å²) in [5, 5.41) is 9.48. The topological polar surface area (TPSA) is 114 Å². The Morgan fingerprint density at radius 3 is 2.71 bits per heavy atom. The number of anilines is 1. The summed E-state index contributed by atoms with van der Waals surface area (Å²) in [7, 11) is 0. The molecule has 0 spiro atoms. The number of alkyl halides is 2. The zero-order chi connectivity index (χ0) is 22.8. The Kier molecular flexibility index (Phi) is 5.97. The minimum atomic E-state index is -3.32. The number of ether oxygens (including phenoxy) is 2. The molecular formula is C21H23F2N5O3. The van der Waals surface area contributed by atoms with Gasteiger partial charge in [0.2, 0.25) is 5.95 Å². The maximum Gasteiger partial charge on any atom is 0.410 e. The van der Waals surface area contributed by atoms with Crippen LogP contribution in [0, 0.1) is 11.3 Å². The predicted octanol–water partition coefficient (Wildman–Crippen LogP) is 3.62. The van der Waals surface area contributed by atoms with E-state index in [2.05, 4.69) is 9.97 Å². The normalized spacial score (nSPS) is 18.2. The first kappa shape index (κ1) is 22.2. The van der Waals surface area contributed by atoms with E-state index in [9.17, 15) is 18.8 Å². The number of hydrogen-bond donors (Lipinski definition) is 1. The lowest BCUT2D eigenvalue weighted by molar-refractivity contribution is -0.137. The van der Waals surface area contributed by atoms with Gasteiger partial charge < -0.3 is 20.1 Å². The molecule has 2 aromatic rings. The van der Waals surface area contributed by atoms with E-state index in [0.29, 0.717) is 11.3 Å². The molecule has 1 aromatic carbocycles. The van der Waals surface area contributed by atoms with Crippen molar-refractivity contribution < 1.29 is 23.0 Å². The summed E-state index contributed by atoms with van der Waals surface area (Å²) in [6.45, 7) is 4.23. The number of likely N-dealkylation sites (tertiary alicyclic amines) is 1. The second-order valence-electron chi connectivity index (χ2n) is 8.18. The van der Waals surface area contributed by atoms with E-state index in [4.69, 9.17) is 15.2 Å². The highest BCUT2D eigenvalue weighted by Gasteiger charge is 2.48. The molecule has 31 heavy (non-hydrogen) atoms. The van der Waals surface area contributed by atoms with E-state index in [-0.39, 0.29) is 30.2 Å². The summed E-state index contributed by atoms with van der Waals surface area (Å²) >= 11 is 0. The molecule has 1 saturated heterocycles. The Morgan fingerprint density at radius 1 is 1.35 bits per heavy atom. The van der Waals surface area contributed by atoms with Crippen molar-refractivity contribution in [1.82, 2.24) is 14.9 Å². The summed E-state index contributed by atoms with van der Waals surface area (Å²) in [6.07, 6.45) is -0.912. The molecule has 1 amide bonds. The number of halogens is 2. The molecule has 10 heteroatoms.